The highest BCUT2D eigenvalue weighted by Crippen LogP contribution is 2.36. The number of aromatic nitrogens is 1. The van der Waals surface area contributed by atoms with E-state index in [2.05, 4.69) is 38.7 Å². The summed E-state index contributed by atoms with van der Waals surface area (Å²) >= 11 is 0. The van der Waals surface area contributed by atoms with E-state index in [1.807, 2.05) is 0 Å². The summed E-state index contributed by atoms with van der Waals surface area (Å²) in [6.45, 7) is 10.9. The molecule has 0 saturated carbocycles. The largest absolute Gasteiger partial charge is 0.369 e. The highest BCUT2D eigenvalue weighted by Gasteiger charge is 2.33. The lowest BCUT2D eigenvalue weighted by Crippen LogP contribution is -2.49. The highest BCUT2D eigenvalue weighted by atomic mass is 16.6. The van der Waals surface area contributed by atoms with Crippen molar-refractivity contribution < 1.29 is 14.5 Å². The Kier molecular flexibility index (Phi) is 6.77. The monoisotopic (exact) mass is 477 g/mol. The number of benzene rings is 1. The Bertz CT molecular complexity index is 1180. The van der Waals surface area contributed by atoms with E-state index >= 15 is 0 Å². The molecule has 0 N–H and O–H groups in total. The fourth-order valence-electron chi connectivity index (χ4n) is 4.79. The third-order valence-electron chi connectivity index (χ3n) is 6.60. The van der Waals surface area contributed by atoms with E-state index in [0.29, 0.717) is 55.6 Å². The lowest BCUT2D eigenvalue weighted by atomic mass is 9.85. The van der Waals surface area contributed by atoms with Crippen LogP contribution in [-0.4, -0.2) is 52.5 Å². The zero-order valence-electron chi connectivity index (χ0n) is 20.7. The average molecular weight is 478 g/mol. The molecule has 1 saturated heterocycles. The summed E-state index contributed by atoms with van der Waals surface area (Å²) in [5.74, 6) is 0.908. The summed E-state index contributed by atoms with van der Waals surface area (Å²) in [5, 5.41) is 21.0. The minimum atomic E-state index is -0.481. The van der Waals surface area contributed by atoms with E-state index in [-0.39, 0.29) is 17.2 Å². The summed E-state index contributed by atoms with van der Waals surface area (Å²) in [6, 6.07) is 8.11. The van der Waals surface area contributed by atoms with E-state index in [0.717, 1.165) is 29.7 Å². The lowest BCUT2D eigenvalue weighted by molar-refractivity contribution is -0.384. The van der Waals surface area contributed by atoms with Gasteiger partial charge in [0, 0.05) is 50.3 Å². The second-order valence-corrected chi connectivity index (χ2v) is 10.2. The van der Waals surface area contributed by atoms with Crippen LogP contribution in [-0.2, 0) is 24.2 Å². The number of piperazine rings is 1. The smallest absolute Gasteiger partial charge is 0.269 e. The Balaban J connectivity index is 1.57. The summed E-state index contributed by atoms with van der Waals surface area (Å²) in [7, 11) is 0. The van der Waals surface area contributed by atoms with Crippen LogP contribution in [0.5, 0.6) is 0 Å². The zero-order chi connectivity index (χ0) is 25.3. The number of hydrogen-bond acceptors (Lipinski definition) is 7. The maximum Gasteiger partial charge on any atom is 0.269 e. The number of anilines is 1. The highest BCUT2D eigenvalue weighted by molar-refractivity contribution is 5.94. The molecular formula is C26H31N5O4. The Labute approximate surface area is 205 Å². The number of carbonyl (C=O) groups excluding carboxylic acids is 1. The number of nitriles is 1. The predicted molar refractivity (Wildman–Crippen MR) is 131 cm³/mol. The molecule has 1 fully saturated rings. The van der Waals surface area contributed by atoms with E-state index in [1.165, 1.54) is 24.3 Å². The number of fused-ring (bicyclic) bond motifs is 1. The standard InChI is InChI=1S/C26H31N5O4/c1-17(2)13-20-21-14-26(3,4)35-16-23(21)28-24(22(20)15-27)29-9-11-30(12-10-29)25(32)18-5-7-19(8-6-18)31(33)34/h5-8,17H,9-14,16H2,1-4H3. The minimum absolute atomic E-state index is 0.0431. The average Bonchev–Trinajstić information content (AvgIpc) is 2.83. The van der Waals surface area contributed by atoms with Gasteiger partial charge in [-0.2, -0.15) is 5.26 Å². The molecule has 35 heavy (non-hydrogen) atoms. The van der Waals surface area contributed by atoms with Crippen molar-refractivity contribution in [3.63, 3.8) is 0 Å². The Morgan fingerprint density at radius 1 is 1.23 bits per heavy atom. The van der Waals surface area contributed by atoms with E-state index in [9.17, 15) is 20.2 Å². The van der Waals surface area contributed by atoms with Gasteiger partial charge in [0.05, 0.1) is 28.4 Å². The van der Waals surface area contributed by atoms with Crippen LogP contribution in [0.1, 0.15) is 60.4 Å². The first-order chi connectivity index (χ1) is 16.6. The number of nitrogens with zero attached hydrogens (tertiary/aromatic N) is 5. The van der Waals surface area contributed by atoms with Gasteiger partial charge in [0.25, 0.3) is 11.6 Å². The number of pyridine rings is 1. The Morgan fingerprint density at radius 3 is 2.46 bits per heavy atom. The molecule has 0 unspecified atom stereocenters. The second-order valence-electron chi connectivity index (χ2n) is 10.2. The van der Waals surface area contributed by atoms with E-state index in [1.54, 1.807) is 4.90 Å². The van der Waals surface area contributed by atoms with Crippen molar-refractivity contribution >= 4 is 17.4 Å². The summed E-state index contributed by atoms with van der Waals surface area (Å²) < 4.78 is 6.03. The molecule has 2 aliphatic heterocycles. The number of nitro groups is 1. The molecule has 1 aromatic heterocycles. The van der Waals surface area contributed by atoms with Crippen LogP contribution in [0, 0.1) is 27.4 Å². The second kappa shape index (κ2) is 9.62. The summed E-state index contributed by atoms with van der Waals surface area (Å²) in [6.07, 6.45) is 1.53. The van der Waals surface area contributed by atoms with Gasteiger partial charge in [-0.25, -0.2) is 4.98 Å². The van der Waals surface area contributed by atoms with Gasteiger partial charge >= 0.3 is 0 Å². The summed E-state index contributed by atoms with van der Waals surface area (Å²) in [5.41, 5.74) is 3.83. The number of amides is 1. The van der Waals surface area contributed by atoms with Crippen molar-refractivity contribution in [2.75, 3.05) is 31.1 Å². The van der Waals surface area contributed by atoms with Crippen LogP contribution in [0.15, 0.2) is 24.3 Å². The van der Waals surface area contributed by atoms with Crippen LogP contribution < -0.4 is 4.90 Å². The van der Waals surface area contributed by atoms with Gasteiger partial charge in [-0.1, -0.05) is 13.8 Å². The van der Waals surface area contributed by atoms with Gasteiger partial charge in [-0.3, -0.25) is 14.9 Å². The summed E-state index contributed by atoms with van der Waals surface area (Å²) in [4.78, 5) is 32.1. The van der Waals surface area contributed by atoms with Crippen LogP contribution in [0.2, 0.25) is 0 Å². The zero-order valence-corrected chi connectivity index (χ0v) is 20.7. The van der Waals surface area contributed by atoms with Crippen LogP contribution in [0.25, 0.3) is 0 Å². The maximum atomic E-state index is 12.9. The van der Waals surface area contributed by atoms with Crippen molar-refractivity contribution in [1.82, 2.24) is 9.88 Å². The molecule has 2 aromatic rings. The number of carbonyl (C=O) groups is 1. The van der Waals surface area contributed by atoms with E-state index < -0.39 is 4.92 Å². The molecule has 2 aliphatic rings. The van der Waals surface area contributed by atoms with Crippen LogP contribution in [0.4, 0.5) is 11.5 Å². The van der Waals surface area contributed by atoms with Gasteiger partial charge in [-0.15, -0.1) is 0 Å². The van der Waals surface area contributed by atoms with Crippen molar-refractivity contribution in [2.45, 2.75) is 52.7 Å². The molecule has 4 rings (SSSR count). The number of nitro benzene ring substituents is 1. The molecule has 0 aliphatic carbocycles. The topological polar surface area (TPSA) is 113 Å². The first kappa shape index (κ1) is 24.6. The molecular weight excluding hydrogens is 446 g/mol. The van der Waals surface area contributed by atoms with Crippen molar-refractivity contribution in [2.24, 2.45) is 5.92 Å². The number of hydrogen-bond donors (Lipinski definition) is 0. The third-order valence-corrected chi connectivity index (χ3v) is 6.60. The molecule has 1 aromatic carbocycles. The number of rotatable bonds is 5. The molecule has 1 amide bonds. The van der Waals surface area contributed by atoms with Crippen molar-refractivity contribution in [3.8, 4) is 6.07 Å². The van der Waals surface area contributed by atoms with Crippen LogP contribution in [0.3, 0.4) is 0 Å². The molecule has 0 atom stereocenters. The predicted octanol–water partition coefficient (Wildman–Crippen LogP) is 3.87. The number of ether oxygens (including phenoxy) is 1. The Morgan fingerprint density at radius 2 is 1.89 bits per heavy atom. The molecule has 0 spiro atoms. The fraction of sp³-hybridized carbons (Fsp3) is 0.500. The van der Waals surface area contributed by atoms with Crippen molar-refractivity contribution in [1.29, 1.82) is 5.26 Å². The maximum absolute atomic E-state index is 12.9. The molecule has 0 radical (unpaired) electrons. The minimum Gasteiger partial charge on any atom is -0.369 e. The first-order valence-electron chi connectivity index (χ1n) is 12.0. The molecule has 3 heterocycles. The van der Waals surface area contributed by atoms with Gasteiger partial charge in [0.1, 0.15) is 11.9 Å². The van der Waals surface area contributed by atoms with Gasteiger partial charge in [0.15, 0.2) is 0 Å². The molecule has 9 heteroatoms. The Hall–Kier alpha value is -3.51. The third kappa shape index (κ3) is 5.13. The fourth-order valence-corrected chi connectivity index (χ4v) is 4.79. The lowest BCUT2D eigenvalue weighted by Gasteiger charge is -2.38. The van der Waals surface area contributed by atoms with Crippen molar-refractivity contribution in [3.05, 3.63) is 62.3 Å². The normalized spacial score (nSPS) is 17.1. The van der Waals surface area contributed by atoms with Gasteiger partial charge in [0.2, 0.25) is 0 Å². The van der Waals surface area contributed by atoms with Crippen LogP contribution >= 0.6 is 0 Å². The molecule has 0 bridgehead atoms. The quantitative estimate of drug-likeness (QED) is 0.474. The first-order valence-corrected chi connectivity index (χ1v) is 12.0. The van der Waals surface area contributed by atoms with E-state index in [4.69, 9.17) is 9.72 Å². The van der Waals surface area contributed by atoms with Gasteiger partial charge in [-0.05, 0) is 49.4 Å². The molecule has 9 nitrogen and oxygen atoms in total. The molecule has 184 valence electrons. The number of non-ortho nitro benzene ring substituents is 1. The SMILES string of the molecule is CC(C)Cc1c(C#N)c(N2CCN(C(=O)c3ccc([N+](=O)[O-])cc3)CC2)nc2c1CC(C)(C)OC2. The van der Waals surface area contributed by atoms with Gasteiger partial charge < -0.3 is 14.5 Å².